The third-order valence-electron chi connectivity index (χ3n) is 5.06. The topological polar surface area (TPSA) is 74.7 Å². The second-order valence-corrected chi connectivity index (χ2v) is 8.69. The molecule has 0 aromatic heterocycles. The molecule has 0 bridgehead atoms. The summed E-state index contributed by atoms with van der Waals surface area (Å²) in [6.45, 7) is 1.18. The number of carbonyl (C=O) groups is 1. The van der Waals surface area contributed by atoms with Crippen molar-refractivity contribution in [1.82, 2.24) is 4.31 Å². The highest BCUT2D eigenvalue weighted by Crippen LogP contribution is 2.36. The molecular weight excluding hydrogens is 290 g/mol. The first kappa shape index (κ1) is 16.7. The van der Waals surface area contributed by atoms with Crippen molar-refractivity contribution in [2.24, 2.45) is 17.8 Å². The highest BCUT2D eigenvalue weighted by atomic mass is 32.2. The lowest BCUT2D eigenvalue weighted by molar-refractivity contribution is -0.144. The summed E-state index contributed by atoms with van der Waals surface area (Å²) in [7, 11) is -3.12. The fourth-order valence-electron chi connectivity index (χ4n) is 3.94. The van der Waals surface area contributed by atoms with Gasteiger partial charge in [0.05, 0.1) is 12.2 Å². The number of hydrogen-bond acceptors (Lipinski definition) is 3. The van der Waals surface area contributed by atoms with E-state index >= 15 is 0 Å². The van der Waals surface area contributed by atoms with E-state index in [1.165, 1.54) is 6.26 Å². The maximum Gasteiger partial charge on any atom is 0.306 e. The van der Waals surface area contributed by atoms with Crippen molar-refractivity contribution in [3.8, 4) is 0 Å². The molecule has 2 rings (SSSR count). The monoisotopic (exact) mass is 317 g/mol. The van der Waals surface area contributed by atoms with Crippen molar-refractivity contribution >= 4 is 16.0 Å². The molecule has 21 heavy (non-hydrogen) atoms. The lowest BCUT2D eigenvalue weighted by Crippen LogP contribution is -2.40. The first-order valence-corrected chi connectivity index (χ1v) is 9.90. The third-order valence-corrected chi connectivity index (χ3v) is 6.33. The van der Waals surface area contributed by atoms with Crippen molar-refractivity contribution in [2.45, 2.75) is 51.4 Å². The lowest BCUT2D eigenvalue weighted by Gasteiger charge is -2.34. The van der Waals surface area contributed by atoms with Crippen molar-refractivity contribution in [3.05, 3.63) is 0 Å². The van der Waals surface area contributed by atoms with Crippen LogP contribution < -0.4 is 0 Å². The van der Waals surface area contributed by atoms with E-state index < -0.39 is 16.0 Å². The zero-order valence-electron chi connectivity index (χ0n) is 12.8. The predicted molar refractivity (Wildman–Crippen MR) is 81.5 cm³/mol. The fourth-order valence-corrected chi connectivity index (χ4v) is 4.88. The Labute approximate surface area is 127 Å². The summed E-state index contributed by atoms with van der Waals surface area (Å²) >= 11 is 0. The highest BCUT2D eigenvalue weighted by Gasteiger charge is 2.33. The summed E-state index contributed by atoms with van der Waals surface area (Å²) in [4.78, 5) is 11.5. The van der Waals surface area contributed by atoms with Gasteiger partial charge in [0.25, 0.3) is 0 Å². The summed E-state index contributed by atoms with van der Waals surface area (Å²) < 4.78 is 24.9. The van der Waals surface area contributed by atoms with Gasteiger partial charge in [-0.15, -0.1) is 0 Å². The van der Waals surface area contributed by atoms with Crippen LogP contribution in [0.4, 0.5) is 0 Å². The minimum Gasteiger partial charge on any atom is -0.481 e. The van der Waals surface area contributed by atoms with E-state index in [0.717, 1.165) is 51.4 Å². The quantitative estimate of drug-likeness (QED) is 0.808. The second-order valence-electron chi connectivity index (χ2n) is 6.71. The maximum absolute atomic E-state index is 11.7. The number of nitrogens with zero attached hydrogens (tertiary/aromatic N) is 1. The normalized spacial score (nSPS) is 32.5. The predicted octanol–water partition coefficient (Wildman–Crippen LogP) is 2.33. The third kappa shape index (κ3) is 4.68. The van der Waals surface area contributed by atoms with E-state index in [9.17, 15) is 18.3 Å². The van der Waals surface area contributed by atoms with Gasteiger partial charge in [-0.1, -0.05) is 19.3 Å². The number of sulfonamides is 1. The van der Waals surface area contributed by atoms with Crippen LogP contribution in [0.3, 0.4) is 0 Å². The van der Waals surface area contributed by atoms with Crippen LogP contribution in [0.25, 0.3) is 0 Å². The molecule has 5 nitrogen and oxygen atoms in total. The summed E-state index contributed by atoms with van der Waals surface area (Å²) in [5, 5.41) is 9.44. The number of carboxylic acids is 1. The van der Waals surface area contributed by atoms with E-state index in [0.29, 0.717) is 19.0 Å². The molecule has 1 aliphatic carbocycles. The Morgan fingerprint density at radius 2 is 1.86 bits per heavy atom. The zero-order valence-corrected chi connectivity index (χ0v) is 13.6. The highest BCUT2D eigenvalue weighted by molar-refractivity contribution is 7.88. The Hall–Kier alpha value is -0.620. The summed E-state index contributed by atoms with van der Waals surface area (Å²) in [6.07, 6.45) is 9.04. The number of piperidine rings is 1. The van der Waals surface area contributed by atoms with E-state index in [2.05, 4.69) is 0 Å². The molecule has 1 aliphatic heterocycles. The van der Waals surface area contributed by atoms with Crippen molar-refractivity contribution in [1.29, 1.82) is 0 Å². The molecular formula is C15H27NO4S. The first-order chi connectivity index (χ1) is 9.88. The van der Waals surface area contributed by atoms with Crippen LogP contribution in [0, 0.1) is 17.8 Å². The molecule has 2 aliphatic rings. The average molecular weight is 317 g/mol. The molecule has 0 spiro atoms. The van der Waals surface area contributed by atoms with E-state index in [-0.39, 0.29) is 11.8 Å². The van der Waals surface area contributed by atoms with Crippen LogP contribution in [0.5, 0.6) is 0 Å². The van der Waals surface area contributed by atoms with E-state index in [1.807, 2.05) is 0 Å². The Balaban J connectivity index is 1.99. The van der Waals surface area contributed by atoms with Crippen molar-refractivity contribution < 1.29 is 18.3 Å². The Bertz CT molecular complexity index is 462. The Morgan fingerprint density at radius 1 is 1.14 bits per heavy atom. The standard InChI is InChI=1S/C15H27NO4S/c1-21(19,20)16-9-5-6-12(11-16)10-13-7-3-2-4-8-14(13)15(17)18/h12-14H,2-11H2,1H3,(H,17,18). The summed E-state index contributed by atoms with van der Waals surface area (Å²) in [6, 6.07) is 0. The molecule has 3 atom stereocenters. The van der Waals surface area contributed by atoms with Gasteiger partial charge in [0.1, 0.15) is 0 Å². The molecule has 0 amide bonds. The van der Waals surface area contributed by atoms with Gasteiger partial charge in [-0.3, -0.25) is 4.79 Å². The summed E-state index contributed by atoms with van der Waals surface area (Å²) in [5.74, 6) is -0.369. The molecule has 1 saturated carbocycles. The molecule has 0 radical (unpaired) electrons. The van der Waals surface area contributed by atoms with Gasteiger partial charge >= 0.3 is 5.97 Å². The number of carboxylic acid groups (broad SMARTS) is 1. The van der Waals surface area contributed by atoms with E-state index in [4.69, 9.17) is 0 Å². The lowest BCUT2D eigenvalue weighted by atomic mass is 9.79. The van der Waals surface area contributed by atoms with Crippen LogP contribution in [-0.4, -0.2) is 43.1 Å². The molecule has 1 N–H and O–H groups in total. The molecule has 6 heteroatoms. The fraction of sp³-hybridized carbons (Fsp3) is 0.933. The van der Waals surface area contributed by atoms with Crippen LogP contribution in [-0.2, 0) is 14.8 Å². The van der Waals surface area contributed by atoms with Crippen LogP contribution >= 0.6 is 0 Å². The molecule has 0 aromatic rings. The van der Waals surface area contributed by atoms with Gasteiger partial charge in [0.15, 0.2) is 0 Å². The minimum absolute atomic E-state index is 0.217. The van der Waals surface area contributed by atoms with E-state index in [1.54, 1.807) is 4.31 Å². The van der Waals surface area contributed by atoms with Gasteiger partial charge in [0.2, 0.25) is 10.0 Å². The molecule has 1 heterocycles. The number of hydrogen-bond donors (Lipinski definition) is 1. The molecule has 3 unspecified atom stereocenters. The van der Waals surface area contributed by atoms with Gasteiger partial charge in [-0.05, 0) is 43.9 Å². The minimum atomic E-state index is -3.12. The van der Waals surface area contributed by atoms with Gasteiger partial charge in [-0.2, -0.15) is 0 Å². The molecule has 0 aromatic carbocycles. The largest absolute Gasteiger partial charge is 0.481 e. The SMILES string of the molecule is CS(=O)(=O)N1CCCC(CC2CCCCCC2C(=O)O)C1. The first-order valence-electron chi connectivity index (χ1n) is 8.06. The zero-order chi connectivity index (χ0) is 15.5. The number of aliphatic carboxylic acids is 1. The van der Waals surface area contributed by atoms with Crippen LogP contribution in [0.15, 0.2) is 0 Å². The molecule has 1 saturated heterocycles. The average Bonchev–Trinajstić information content (AvgIpc) is 2.63. The Kier molecular flexibility index (Phi) is 5.66. The molecule has 122 valence electrons. The van der Waals surface area contributed by atoms with Gasteiger partial charge < -0.3 is 5.11 Å². The smallest absolute Gasteiger partial charge is 0.306 e. The van der Waals surface area contributed by atoms with Crippen LogP contribution in [0.2, 0.25) is 0 Å². The molecule has 2 fully saturated rings. The second kappa shape index (κ2) is 7.09. The maximum atomic E-state index is 11.7. The van der Waals surface area contributed by atoms with Gasteiger partial charge in [0, 0.05) is 13.1 Å². The van der Waals surface area contributed by atoms with Crippen LogP contribution in [0.1, 0.15) is 51.4 Å². The summed E-state index contributed by atoms with van der Waals surface area (Å²) in [5.41, 5.74) is 0. The van der Waals surface area contributed by atoms with Crippen molar-refractivity contribution in [3.63, 3.8) is 0 Å². The Morgan fingerprint density at radius 3 is 2.52 bits per heavy atom. The van der Waals surface area contributed by atoms with Gasteiger partial charge in [-0.25, -0.2) is 12.7 Å². The van der Waals surface area contributed by atoms with Crippen molar-refractivity contribution in [2.75, 3.05) is 19.3 Å². The number of rotatable bonds is 4.